The second-order valence-corrected chi connectivity index (χ2v) is 7.54. The van der Waals surface area contributed by atoms with Crippen molar-refractivity contribution >= 4 is 23.4 Å². The normalized spacial score (nSPS) is 33.8. The highest BCUT2D eigenvalue weighted by Gasteiger charge is 2.28. The Kier molecular flexibility index (Phi) is 4.61. The highest BCUT2D eigenvalue weighted by molar-refractivity contribution is 7.99. The van der Waals surface area contributed by atoms with Crippen molar-refractivity contribution in [2.75, 3.05) is 5.75 Å². The number of nitrogens with one attached hydrogen (secondary N) is 1. The van der Waals surface area contributed by atoms with Crippen molar-refractivity contribution in [2.24, 2.45) is 0 Å². The predicted octanol–water partition coefficient (Wildman–Crippen LogP) is 4.42. The molecule has 20 heavy (non-hydrogen) atoms. The third kappa shape index (κ3) is 3.33. The number of benzene rings is 1. The Morgan fingerprint density at radius 2 is 2.00 bits per heavy atom. The van der Waals surface area contributed by atoms with Crippen molar-refractivity contribution in [3.8, 4) is 0 Å². The van der Waals surface area contributed by atoms with Gasteiger partial charge in [-0.3, -0.25) is 0 Å². The van der Waals surface area contributed by atoms with E-state index in [4.69, 9.17) is 16.3 Å². The molecule has 1 N–H and O–H groups in total. The molecule has 0 saturated carbocycles. The SMILES string of the molecule is CC1CC(NC2CCSc3ccc(Cl)cc32)CC(C)O1. The van der Waals surface area contributed by atoms with Crippen molar-refractivity contribution in [1.82, 2.24) is 5.32 Å². The molecule has 3 unspecified atom stereocenters. The van der Waals surface area contributed by atoms with Gasteiger partial charge in [-0.15, -0.1) is 11.8 Å². The van der Waals surface area contributed by atoms with Gasteiger partial charge in [-0.25, -0.2) is 0 Å². The summed E-state index contributed by atoms with van der Waals surface area (Å²) in [4.78, 5) is 1.38. The van der Waals surface area contributed by atoms with E-state index in [0.29, 0.717) is 24.3 Å². The Hall–Kier alpha value is -0.220. The highest BCUT2D eigenvalue weighted by Crippen LogP contribution is 2.38. The molecule has 3 rings (SSSR count). The van der Waals surface area contributed by atoms with E-state index < -0.39 is 0 Å². The van der Waals surface area contributed by atoms with Gasteiger partial charge in [-0.05, 0) is 62.6 Å². The van der Waals surface area contributed by atoms with Gasteiger partial charge in [0.1, 0.15) is 0 Å². The molecule has 0 spiro atoms. The van der Waals surface area contributed by atoms with Crippen LogP contribution in [0.4, 0.5) is 0 Å². The van der Waals surface area contributed by atoms with Gasteiger partial charge in [0, 0.05) is 22.0 Å². The van der Waals surface area contributed by atoms with E-state index >= 15 is 0 Å². The largest absolute Gasteiger partial charge is 0.375 e. The molecule has 110 valence electrons. The molecule has 1 aromatic carbocycles. The Morgan fingerprint density at radius 1 is 1.25 bits per heavy atom. The van der Waals surface area contributed by atoms with Gasteiger partial charge >= 0.3 is 0 Å². The quantitative estimate of drug-likeness (QED) is 0.873. The van der Waals surface area contributed by atoms with Gasteiger partial charge in [0.2, 0.25) is 0 Å². The van der Waals surface area contributed by atoms with E-state index in [1.807, 2.05) is 17.8 Å². The van der Waals surface area contributed by atoms with Crippen LogP contribution >= 0.6 is 23.4 Å². The average molecular weight is 312 g/mol. The van der Waals surface area contributed by atoms with Crippen LogP contribution in [0.5, 0.6) is 0 Å². The molecule has 0 amide bonds. The Balaban J connectivity index is 1.74. The van der Waals surface area contributed by atoms with Crippen LogP contribution in [0.15, 0.2) is 23.1 Å². The lowest BCUT2D eigenvalue weighted by molar-refractivity contribution is -0.0437. The molecular weight excluding hydrogens is 290 g/mol. The smallest absolute Gasteiger partial charge is 0.0565 e. The molecule has 1 fully saturated rings. The Labute approximate surface area is 130 Å². The Bertz CT molecular complexity index is 472. The molecule has 0 bridgehead atoms. The fourth-order valence-corrected chi connectivity index (χ4v) is 4.65. The van der Waals surface area contributed by atoms with E-state index in [2.05, 4.69) is 31.3 Å². The topological polar surface area (TPSA) is 21.3 Å². The molecule has 4 heteroatoms. The molecule has 2 aliphatic heterocycles. The molecule has 2 aliphatic rings. The van der Waals surface area contributed by atoms with Crippen molar-refractivity contribution in [2.45, 2.75) is 62.3 Å². The van der Waals surface area contributed by atoms with Gasteiger partial charge in [0.25, 0.3) is 0 Å². The summed E-state index contributed by atoms with van der Waals surface area (Å²) in [7, 11) is 0. The number of halogens is 1. The van der Waals surface area contributed by atoms with Gasteiger partial charge in [-0.2, -0.15) is 0 Å². The molecule has 3 atom stereocenters. The van der Waals surface area contributed by atoms with Crippen LogP contribution in [0, 0.1) is 0 Å². The summed E-state index contributed by atoms with van der Waals surface area (Å²) in [5.41, 5.74) is 1.38. The number of hydrogen-bond donors (Lipinski definition) is 1. The van der Waals surface area contributed by atoms with Crippen LogP contribution in [0.25, 0.3) is 0 Å². The van der Waals surface area contributed by atoms with Crippen LogP contribution in [-0.2, 0) is 4.74 Å². The fraction of sp³-hybridized carbons (Fsp3) is 0.625. The van der Waals surface area contributed by atoms with Crippen molar-refractivity contribution in [1.29, 1.82) is 0 Å². The highest BCUT2D eigenvalue weighted by atomic mass is 35.5. The second-order valence-electron chi connectivity index (χ2n) is 5.96. The van der Waals surface area contributed by atoms with E-state index in [9.17, 15) is 0 Å². The van der Waals surface area contributed by atoms with Crippen LogP contribution in [-0.4, -0.2) is 24.0 Å². The summed E-state index contributed by atoms with van der Waals surface area (Å²) in [5.74, 6) is 1.18. The summed E-state index contributed by atoms with van der Waals surface area (Å²) in [5, 5.41) is 4.69. The number of rotatable bonds is 2. The monoisotopic (exact) mass is 311 g/mol. The summed E-state index contributed by atoms with van der Waals surface area (Å²) in [6, 6.07) is 7.27. The van der Waals surface area contributed by atoms with Gasteiger partial charge in [0.15, 0.2) is 0 Å². The first-order chi connectivity index (χ1) is 9.61. The predicted molar refractivity (Wildman–Crippen MR) is 85.7 cm³/mol. The maximum Gasteiger partial charge on any atom is 0.0565 e. The van der Waals surface area contributed by atoms with Crippen LogP contribution in [0.3, 0.4) is 0 Å². The van der Waals surface area contributed by atoms with Crippen LogP contribution in [0.1, 0.15) is 44.7 Å². The van der Waals surface area contributed by atoms with Crippen LogP contribution in [0.2, 0.25) is 5.02 Å². The lowest BCUT2D eigenvalue weighted by atomic mass is 9.96. The van der Waals surface area contributed by atoms with Gasteiger partial charge in [-0.1, -0.05) is 11.6 Å². The number of ether oxygens (including phenoxy) is 1. The van der Waals surface area contributed by atoms with Crippen LogP contribution < -0.4 is 5.32 Å². The summed E-state index contributed by atoms with van der Waals surface area (Å²) < 4.78 is 5.83. The Morgan fingerprint density at radius 3 is 2.75 bits per heavy atom. The van der Waals surface area contributed by atoms with Crippen molar-refractivity contribution in [3.63, 3.8) is 0 Å². The average Bonchev–Trinajstić information content (AvgIpc) is 2.38. The summed E-state index contributed by atoms with van der Waals surface area (Å²) >= 11 is 8.11. The minimum Gasteiger partial charge on any atom is -0.375 e. The van der Waals surface area contributed by atoms with Crippen molar-refractivity contribution < 1.29 is 4.74 Å². The third-order valence-corrected chi connectivity index (χ3v) is 5.50. The van der Waals surface area contributed by atoms with E-state index in [0.717, 1.165) is 17.9 Å². The zero-order chi connectivity index (χ0) is 14.1. The van der Waals surface area contributed by atoms with E-state index in [1.54, 1.807) is 0 Å². The molecule has 1 aromatic rings. The molecule has 0 aliphatic carbocycles. The van der Waals surface area contributed by atoms with Gasteiger partial charge in [0.05, 0.1) is 12.2 Å². The number of fused-ring (bicyclic) bond motifs is 1. The molecule has 1 saturated heterocycles. The first-order valence-electron chi connectivity index (χ1n) is 7.45. The minimum absolute atomic E-state index is 0.355. The number of hydrogen-bond acceptors (Lipinski definition) is 3. The van der Waals surface area contributed by atoms with Gasteiger partial charge < -0.3 is 10.1 Å². The van der Waals surface area contributed by atoms with E-state index in [1.165, 1.54) is 22.6 Å². The lowest BCUT2D eigenvalue weighted by Gasteiger charge is -2.36. The summed E-state index contributed by atoms with van der Waals surface area (Å²) in [6.07, 6.45) is 4.09. The van der Waals surface area contributed by atoms with Crippen molar-refractivity contribution in [3.05, 3.63) is 28.8 Å². The molecular formula is C16H22ClNOS. The zero-order valence-corrected chi connectivity index (χ0v) is 13.6. The number of thioether (sulfide) groups is 1. The second kappa shape index (κ2) is 6.27. The molecule has 2 nitrogen and oxygen atoms in total. The van der Waals surface area contributed by atoms with E-state index in [-0.39, 0.29) is 0 Å². The lowest BCUT2D eigenvalue weighted by Crippen LogP contribution is -2.43. The minimum atomic E-state index is 0.355. The molecule has 0 aromatic heterocycles. The maximum absolute atomic E-state index is 6.17. The standard InChI is InChI=1S/C16H22ClNOS/c1-10-7-13(8-11(2)19-10)18-15-5-6-20-16-4-3-12(17)9-14(15)16/h3-4,9-11,13,15,18H,5-8H2,1-2H3. The zero-order valence-electron chi connectivity index (χ0n) is 12.1. The summed E-state index contributed by atoms with van der Waals surface area (Å²) in [6.45, 7) is 4.34. The maximum atomic E-state index is 6.17. The molecule has 2 heterocycles. The fourth-order valence-electron chi connectivity index (χ4n) is 3.36. The first kappa shape index (κ1) is 14.7. The third-order valence-electron chi connectivity index (χ3n) is 4.15. The first-order valence-corrected chi connectivity index (χ1v) is 8.82. The molecule has 0 radical (unpaired) electrons.